The van der Waals surface area contributed by atoms with Crippen molar-refractivity contribution in [2.45, 2.75) is 25.9 Å². The summed E-state index contributed by atoms with van der Waals surface area (Å²) in [5, 5.41) is 14.4. The van der Waals surface area contributed by atoms with E-state index in [1.54, 1.807) is 0 Å². The lowest BCUT2D eigenvalue weighted by Crippen LogP contribution is -2.42. The fourth-order valence-electron chi connectivity index (χ4n) is 1.33. The molecular weight excluding hydrogens is 156 g/mol. The Kier molecular flexibility index (Phi) is 3.34. The molecule has 2 amide bonds. The third-order valence-corrected chi connectivity index (χ3v) is 2.10. The van der Waals surface area contributed by atoms with Crippen LogP contribution in [0.4, 0.5) is 4.79 Å². The summed E-state index contributed by atoms with van der Waals surface area (Å²) in [6.07, 6.45) is 1.52. The first-order valence-corrected chi connectivity index (χ1v) is 4.42. The van der Waals surface area contributed by atoms with Gasteiger partial charge in [-0.15, -0.1) is 0 Å². The van der Waals surface area contributed by atoms with E-state index in [1.165, 1.54) is 0 Å². The van der Waals surface area contributed by atoms with Crippen molar-refractivity contribution < 1.29 is 9.90 Å². The maximum Gasteiger partial charge on any atom is 0.314 e. The molecule has 1 fully saturated rings. The van der Waals surface area contributed by atoms with Crippen LogP contribution < -0.4 is 10.6 Å². The van der Waals surface area contributed by atoms with Crippen molar-refractivity contribution in [1.82, 2.24) is 10.6 Å². The Balaban J connectivity index is 1.98. The van der Waals surface area contributed by atoms with Crippen molar-refractivity contribution in [3.05, 3.63) is 0 Å². The van der Waals surface area contributed by atoms with Gasteiger partial charge in [0, 0.05) is 13.1 Å². The Labute approximate surface area is 72.3 Å². The Morgan fingerprint density at radius 3 is 2.67 bits per heavy atom. The zero-order valence-corrected chi connectivity index (χ0v) is 7.34. The number of amides is 2. The predicted octanol–water partition coefficient (Wildman–Crippen LogP) is 0.0764. The van der Waals surface area contributed by atoms with Gasteiger partial charge in [-0.1, -0.05) is 0 Å². The molecule has 0 heterocycles. The highest BCUT2D eigenvalue weighted by molar-refractivity contribution is 5.73. The highest BCUT2D eigenvalue weighted by Gasteiger charge is 2.26. The summed E-state index contributed by atoms with van der Waals surface area (Å²) in [4.78, 5) is 10.9. The molecule has 0 bridgehead atoms. The van der Waals surface area contributed by atoms with Gasteiger partial charge in [-0.3, -0.25) is 0 Å². The maximum absolute atomic E-state index is 10.9. The quantitative estimate of drug-likeness (QED) is 0.564. The molecule has 0 aromatic rings. The molecule has 0 radical (unpaired) electrons. The normalized spacial score (nSPS) is 27.5. The van der Waals surface area contributed by atoms with Crippen molar-refractivity contribution in [2.75, 3.05) is 13.1 Å². The molecule has 1 aliphatic carbocycles. The van der Waals surface area contributed by atoms with E-state index >= 15 is 0 Å². The van der Waals surface area contributed by atoms with Gasteiger partial charge in [-0.25, -0.2) is 4.79 Å². The zero-order valence-electron chi connectivity index (χ0n) is 7.34. The Hall–Kier alpha value is -0.770. The van der Waals surface area contributed by atoms with Crippen LogP contribution in [0, 0.1) is 5.92 Å². The van der Waals surface area contributed by atoms with Crippen LogP contribution in [0.1, 0.15) is 19.8 Å². The summed E-state index contributed by atoms with van der Waals surface area (Å²) in [7, 11) is 0. The molecule has 0 unspecified atom stereocenters. The average molecular weight is 172 g/mol. The van der Waals surface area contributed by atoms with Crippen molar-refractivity contribution in [3.63, 3.8) is 0 Å². The monoisotopic (exact) mass is 172 g/mol. The van der Waals surface area contributed by atoms with Crippen LogP contribution in [0.5, 0.6) is 0 Å². The van der Waals surface area contributed by atoms with Crippen molar-refractivity contribution in [2.24, 2.45) is 5.92 Å². The second-order valence-electron chi connectivity index (χ2n) is 3.23. The first-order valence-electron chi connectivity index (χ1n) is 4.42. The fraction of sp³-hybridized carbons (Fsp3) is 0.875. The second kappa shape index (κ2) is 4.30. The minimum absolute atomic E-state index is 0.112. The first kappa shape index (κ1) is 9.32. The molecule has 70 valence electrons. The van der Waals surface area contributed by atoms with E-state index in [4.69, 9.17) is 5.11 Å². The predicted molar refractivity (Wildman–Crippen MR) is 45.8 cm³/mol. The van der Waals surface area contributed by atoms with Gasteiger partial charge in [0.1, 0.15) is 0 Å². The molecule has 1 rings (SSSR count). The number of aliphatic hydroxyl groups is 1. The first-order chi connectivity index (χ1) is 5.72. The van der Waals surface area contributed by atoms with E-state index < -0.39 is 0 Å². The molecule has 0 aliphatic heterocycles. The number of aliphatic hydroxyl groups excluding tert-OH is 1. The van der Waals surface area contributed by atoms with Gasteiger partial charge in [0.15, 0.2) is 0 Å². The van der Waals surface area contributed by atoms with Gasteiger partial charge in [0.05, 0.1) is 6.10 Å². The molecule has 1 saturated carbocycles. The van der Waals surface area contributed by atoms with E-state index in [2.05, 4.69) is 10.6 Å². The number of hydrogen-bond donors (Lipinski definition) is 3. The van der Waals surface area contributed by atoms with Crippen LogP contribution in [0.15, 0.2) is 0 Å². The van der Waals surface area contributed by atoms with Gasteiger partial charge in [-0.05, 0) is 25.7 Å². The van der Waals surface area contributed by atoms with Crippen LogP contribution in [0.3, 0.4) is 0 Å². The summed E-state index contributed by atoms with van der Waals surface area (Å²) in [6.45, 7) is 3.22. The lowest BCUT2D eigenvalue weighted by atomic mass is 9.82. The van der Waals surface area contributed by atoms with Crippen molar-refractivity contribution in [3.8, 4) is 0 Å². The molecule has 4 nitrogen and oxygen atoms in total. The van der Waals surface area contributed by atoms with Gasteiger partial charge in [0.25, 0.3) is 0 Å². The minimum atomic E-state index is -0.133. The molecule has 3 N–H and O–H groups in total. The lowest BCUT2D eigenvalue weighted by molar-refractivity contribution is 0.0441. The van der Waals surface area contributed by atoms with E-state index in [0.717, 1.165) is 12.8 Å². The number of carbonyl (C=O) groups excluding carboxylic acids is 1. The lowest BCUT2D eigenvalue weighted by Gasteiger charge is -2.31. The minimum Gasteiger partial charge on any atom is -0.393 e. The van der Waals surface area contributed by atoms with Crippen LogP contribution >= 0.6 is 0 Å². The molecule has 0 saturated heterocycles. The van der Waals surface area contributed by atoms with Gasteiger partial charge < -0.3 is 15.7 Å². The number of urea groups is 1. The third kappa shape index (κ3) is 2.70. The van der Waals surface area contributed by atoms with E-state index in [-0.39, 0.29) is 12.1 Å². The summed E-state index contributed by atoms with van der Waals surface area (Å²) in [5.41, 5.74) is 0. The number of nitrogens with one attached hydrogen (secondary N) is 2. The van der Waals surface area contributed by atoms with Crippen LogP contribution in [0.2, 0.25) is 0 Å². The summed E-state index contributed by atoms with van der Waals surface area (Å²) in [5.74, 6) is 0.475. The molecule has 0 aromatic carbocycles. The standard InChI is InChI=1S/C8H16N2O2/c1-2-9-8(12)10-5-6-3-7(11)4-6/h6-7,11H,2-5H2,1H3,(H2,9,10,12). The topological polar surface area (TPSA) is 61.4 Å². The zero-order chi connectivity index (χ0) is 8.97. The van der Waals surface area contributed by atoms with E-state index in [9.17, 15) is 4.79 Å². The molecule has 12 heavy (non-hydrogen) atoms. The SMILES string of the molecule is CCNC(=O)NCC1CC(O)C1. The van der Waals surface area contributed by atoms with Gasteiger partial charge in [-0.2, -0.15) is 0 Å². The number of rotatable bonds is 3. The molecule has 0 aromatic heterocycles. The van der Waals surface area contributed by atoms with E-state index in [0.29, 0.717) is 19.0 Å². The molecule has 1 aliphatic rings. The highest BCUT2D eigenvalue weighted by atomic mass is 16.3. The fourth-order valence-corrected chi connectivity index (χ4v) is 1.33. The maximum atomic E-state index is 10.9. The van der Waals surface area contributed by atoms with E-state index in [1.807, 2.05) is 6.92 Å². The average Bonchev–Trinajstić information content (AvgIpc) is 1.96. The number of carbonyl (C=O) groups is 1. The summed E-state index contributed by atoms with van der Waals surface area (Å²) >= 11 is 0. The Bertz CT molecular complexity index is 155. The van der Waals surface area contributed by atoms with Crippen LogP contribution in [0.25, 0.3) is 0 Å². The van der Waals surface area contributed by atoms with Crippen LogP contribution in [-0.2, 0) is 0 Å². The number of hydrogen-bond acceptors (Lipinski definition) is 2. The Morgan fingerprint density at radius 1 is 1.50 bits per heavy atom. The summed E-state index contributed by atoms with van der Waals surface area (Å²) in [6, 6.07) is -0.112. The largest absolute Gasteiger partial charge is 0.393 e. The summed E-state index contributed by atoms with van der Waals surface area (Å²) < 4.78 is 0. The van der Waals surface area contributed by atoms with Gasteiger partial charge in [0.2, 0.25) is 0 Å². The molecule has 0 spiro atoms. The van der Waals surface area contributed by atoms with Crippen LogP contribution in [-0.4, -0.2) is 30.3 Å². The Morgan fingerprint density at radius 2 is 2.17 bits per heavy atom. The van der Waals surface area contributed by atoms with Crippen molar-refractivity contribution >= 4 is 6.03 Å². The molecule has 4 heteroatoms. The molecule has 0 atom stereocenters. The molecular formula is C8H16N2O2. The smallest absolute Gasteiger partial charge is 0.314 e. The third-order valence-electron chi connectivity index (χ3n) is 2.10. The van der Waals surface area contributed by atoms with Gasteiger partial charge >= 0.3 is 6.03 Å². The second-order valence-corrected chi connectivity index (χ2v) is 3.23. The highest BCUT2D eigenvalue weighted by Crippen LogP contribution is 2.25. The van der Waals surface area contributed by atoms with Crippen molar-refractivity contribution in [1.29, 1.82) is 0 Å².